The number of aromatic nitrogens is 2. The number of nitrogens with one attached hydrogen (secondary N) is 1. The van der Waals surface area contributed by atoms with Gasteiger partial charge in [0, 0.05) is 24.4 Å². The molecule has 1 aromatic rings. The molecule has 0 aliphatic heterocycles. The molecule has 18 heavy (non-hydrogen) atoms. The maximum atomic E-state index is 5.33. The van der Waals surface area contributed by atoms with Gasteiger partial charge in [-0.15, -0.1) is 0 Å². The Morgan fingerprint density at radius 2 is 2.11 bits per heavy atom. The first-order valence-corrected chi connectivity index (χ1v) is 6.86. The first-order valence-electron chi connectivity index (χ1n) is 6.86. The van der Waals surface area contributed by atoms with Crippen LogP contribution in [0.2, 0.25) is 0 Å². The fraction of sp³-hybridized carbons (Fsp3) is 0.714. The van der Waals surface area contributed by atoms with Crippen LogP contribution in [0, 0.1) is 5.92 Å². The van der Waals surface area contributed by atoms with Crippen LogP contribution < -0.4 is 10.1 Å². The zero-order chi connectivity index (χ0) is 13.0. The summed E-state index contributed by atoms with van der Waals surface area (Å²) in [5, 5.41) is 3.63. The molecule has 0 spiro atoms. The summed E-state index contributed by atoms with van der Waals surface area (Å²) in [6.07, 6.45) is 7.01. The molecule has 0 aromatic carbocycles. The first-order chi connectivity index (χ1) is 8.77. The molecule has 0 amide bonds. The van der Waals surface area contributed by atoms with Crippen LogP contribution in [-0.2, 0) is 0 Å². The lowest BCUT2D eigenvalue weighted by molar-refractivity contribution is 0.364. The van der Waals surface area contributed by atoms with Gasteiger partial charge in [0.1, 0.15) is 5.69 Å². The van der Waals surface area contributed by atoms with Crippen molar-refractivity contribution in [2.45, 2.75) is 45.1 Å². The topological polar surface area (TPSA) is 47.0 Å². The van der Waals surface area contributed by atoms with E-state index >= 15 is 0 Å². The summed E-state index contributed by atoms with van der Waals surface area (Å²) in [4.78, 5) is 8.74. The third-order valence-corrected chi connectivity index (χ3v) is 3.95. The van der Waals surface area contributed by atoms with Crippen molar-refractivity contribution in [3.8, 4) is 5.88 Å². The van der Waals surface area contributed by atoms with E-state index in [4.69, 9.17) is 4.74 Å². The minimum absolute atomic E-state index is 0.461. The highest BCUT2D eigenvalue weighted by atomic mass is 16.5. The number of nitrogens with zero attached hydrogens (tertiary/aromatic N) is 2. The molecule has 1 heterocycles. The Bertz CT molecular complexity index is 383. The molecule has 2 rings (SSSR count). The van der Waals surface area contributed by atoms with Crippen LogP contribution in [0.1, 0.15) is 44.7 Å². The van der Waals surface area contributed by atoms with E-state index < -0.39 is 0 Å². The van der Waals surface area contributed by atoms with Crippen LogP contribution in [0.4, 0.5) is 0 Å². The minimum atomic E-state index is 0.461. The molecular formula is C14H23N3O. The number of hydrogen-bond donors (Lipinski definition) is 1. The van der Waals surface area contributed by atoms with Crippen molar-refractivity contribution >= 4 is 0 Å². The first kappa shape index (κ1) is 13.3. The zero-order valence-electron chi connectivity index (χ0n) is 11.5. The maximum absolute atomic E-state index is 5.33. The molecule has 1 N–H and O–H groups in total. The van der Waals surface area contributed by atoms with Crippen molar-refractivity contribution in [2.75, 3.05) is 13.7 Å². The second-order valence-electron chi connectivity index (χ2n) is 5.05. The molecule has 1 aliphatic carbocycles. The van der Waals surface area contributed by atoms with Crippen molar-refractivity contribution in [3.05, 3.63) is 18.1 Å². The molecule has 1 aromatic heterocycles. The fourth-order valence-corrected chi connectivity index (χ4v) is 2.92. The van der Waals surface area contributed by atoms with Crippen molar-refractivity contribution in [3.63, 3.8) is 0 Å². The van der Waals surface area contributed by atoms with Gasteiger partial charge in [0.05, 0.1) is 7.11 Å². The second-order valence-corrected chi connectivity index (χ2v) is 5.05. The number of hydrogen-bond acceptors (Lipinski definition) is 4. The molecule has 0 saturated heterocycles. The van der Waals surface area contributed by atoms with E-state index in [0.717, 1.165) is 18.7 Å². The molecule has 1 saturated carbocycles. The normalized spacial score (nSPS) is 27.4. The smallest absolute Gasteiger partial charge is 0.235 e. The van der Waals surface area contributed by atoms with E-state index in [-0.39, 0.29) is 0 Å². The van der Waals surface area contributed by atoms with Crippen LogP contribution >= 0.6 is 0 Å². The number of methoxy groups -OCH3 is 1. The Morgan fingerprint density at radius 3 is 2.83 bits per heavy atom. The van der Waals surface area contributed by atoms with Crippen molar-refractivity contribution in [2.24, 2.45) is 5.92 Å². The molecule has 0 radical (unpaired) electrons. The van der Waals surface area contributed by atoms with E-state index in [1.807, 2.05) is 0 Å². The molecule has 0 bridgehead atoms. The summed E-state index contributed by atoms with van der Waals surface area (Å²) < 4.78 is 5.33. The van der Waals surface area contributed by atoms with Gasteiger partial charge in [-0.1, -0.05) is 13.8 Å². The summed E-state index contributed by atoms with van der Waals surface area (Å²) in [5.41, 5.74) is 1.02. The van der Waals surface area contributed by atoms with Crippen molar-refractivity contribution < 1.29 is 4.74 Å². The van der Waals surface area contributed by atoms with Crippen molar-refractivity contribution in [1.82, 2.24) is 15.3 Å². The summed E-state index contributed by atoms with van der Waals surface area (Å²) in [7, 11) is 1.67. The van der Waals surface area contributed by atoms with Gasteiger partial charge in [-0.3, -0.25) is 4.98 Å². The Balaban J connectivity index is 2.10. The highest BCUT2D eigenvalue weighted by Gasteiger charge is 2.35. The largest absolute Gasteiger partial charge is 0.480 e. The van der Waals surface area contributed by atoms with E-state index in [1.54, 1.807) is 19.5 Å². The molecule has 3 atom stereocenters. The van der Waals surface area contributed by atoms with Gasteiger partial charge >= 0.3 is 0 Å². The van der Waals surface area contributed by atoms with Gasteiger partial charge in [0.2, 0.25) is 5.88 Å². The average Bonchev–Trinajstić information content (AvgIpc) is 2.77. The highest BCUT2D eigenvalue weighted by Crippen LogP contribution is 2.41. The van der Waals surface area contributed by atoms with Crippen LogP contribution in [0.15, 0.2) is 12.4 Å². The Kier molecular flexibility index (Phi) is 4.53. The van der Waals surface area contributed by atoms with Gasteiger partial charge in [-0.2, -0.15) is 0 Å². The van der Waals surface area contributed by atoms with E-state index in [9.17, 15) is 0 Å². The molecule has 1 aliphatic rings. The average molecular weight is 249 g/mol. The van der Waals surface area contributed by atoms with Gasteiger partial charge in [-0.25, -0.2) is 4.98 Å². The summed E-state index contributed by atoms with van der Waals surface area (Å²) in [6, 6.07) is 0.599. The van der Waals surface area contributed by atoms with Crippen LogP contribution in [0.3, 0.4) is 0 Å². The zero-order valence-corrected chi connectivity index (χ0v) is 11.5. The summed E-state index contributed by atoms with van der Waals surface area (Å²) in [6.45, 7) is 5.61. The molecular weight excluding hydrogens is 226 g/mol. The predicted molar refractivity (Wildman–Crippen MR) is 71.8 cm³/mol. The lowest BCUT2D eigenvalue weighted by atomic mass is 9.92. The van der Waals surface area contributed by atoms with Crippen molar-refractivity contribution in [1.29, 1.82) is 0 Å². The SMILES string of the molecule is CCCNC1CCC(c2nccnc2OC)C1C. The molecule has 100 valence electrons. The van der Waals surface area contributed by atoms with Gasteiger partial charge in [-0.05, 0) is 31.7 Å². The maximum Gasteiger partial charge on any atom is 0.235 e. The monoisotopic (exact) mass is 249 g/mol. The van der Waals surface area contributed by atoms with E-state index in [0.29, 0.717) is 23.8 Å². The van der Waals surface area contributed by atoms with E-state index in [2.05, 4.69) is 29.1 Å². The lowest BCUT2D eigenvalue weighted by Crippen LogP contribution is -2.33. The van der Waals surface area contributed by atoms with Gasteiger partial charge in [0.15, 0.2) is 0 Å². The quantitative estimate of drug-likeness (QED) is 0.870. The molecule has 4 nitrogen and oxygen atoms in total. The Morgan fingerprint density at radius 1 is 1.33 bits per heavy atom. The third-order valence-electron chi connectivity index (χ3n) is 3.95. The van der Waals surface area contributed by atoms with Gasteiger partial charge in [0.25, 0.3) is 0 Å². The summed E-state index contributed by atoms with van der Waals surface area (Å²) in [5.74, 6) is 1.73. The minimum Gasteiger partial charge on any atom is -0.480 e. The third kappa shape index (κ3) is 2.64. The number of rotatable bonds is 5. The predicted octanol–water partition coefficient (Wildman–Crippen LogP) is 2.37. The van der Waals surface area contributed by atoms with Crippen LogP contribution in [-0.4, -0.2) is 29.7 Å². The Hall–Kier alpha value is -1.16. The Labute approximate surface area is 109 Å². The summed E-state index contributed by atoms with van der Waals surface area (Å²) >= 11 is 0. The molecule has 3 unspecified atom stereocenters. The standard InChI is InChI=1S/C14H23N3O/c1-4-7-15-12-6-5-11(10(12)2)13-14(18-3)17-9-8-16-13/h8-12,15H,4-7H2,1-3H3. The van der Waals surface area contributed by atoms with Crippen LogP contribution in [0.5, 0.6) is 5.88 Å². The van der Waals surface area contributed by atoms with Gasteiger partial charge < -0.3 is 10.1 Å². The molecule has 1 fully saturated rings. The van der Waals surface area contributed by atoms with E-state index in [1.165, 1.54) is 12.8 Å². The van der Waals surface area contributed by atoms with Crippen LogP contribution in [0.25, 0.3) is 0 Å². The lowest BCUT2D eigenvalue weighted by Gasteiger charge is -2.22. The fourth-order valence-electron chi connectivity index (χ4n) is 2.92. The second kappa shape index (κ2) is 6.14. The highest BCUT2D eigenvalue weighted by molar-refractivity contribution is 5.24. The molecule has 4 heteroatoms. The number of ether oxygens (including phenoxy) is 1.